The maximum atomic E-state index is 12.8. The van der Waals surface area contributed by atoms with Crippen LogP contribution in [0.1, 0.15) is 18.4 Å². The van der Waals surface area contributed by atoms with Crippen molar-refractivity contribution in [2.45, 2.75) is 19.4 Å². The summed E-state index contributed by atoms with van der Waals surface area (Å²) in [5.74, 6) is 0.222. The predicted octanol–water partition coefficient (Wildman–Crippen LogP) is 5.75. The third-order valence-corrected chi connectivity index (χ3v) is 6.65. The van der Waals surface area contributed by atoms with E-state index in [9.17, 15) is 4.79 Å². The van der Waals surface area contributed by atoms with E-state index in [1.165, 1.54) is 10.9 Å². The number of aromatic amines is 1. The first-order chi connectivity index (χ1) is 14.7. The highest BCUT2D eigenvalue weighted by Crippen LogP contribution is 2.27. The molecule has 5 rings (SSSR count). The number of thiophene rings is 1. The lowest BCUT2D eigenvalue weighted by Gasteiger charge is -2.31. The number of hydrogen-bond donors (Lipinski definition) is 2. The number of anilines is 1. The molecule has 1 aliphatic rings. The van der Waals surface area contributed by atoms with Gasteiger partial charge in [-0.3, -0.25) is 9.69 Å². The summed E-state index contributed by atoms with van der Waals surface area (Å²) in [5.41, 5.74) is 5.49. The van der Waals surface area contributed by atoms with Crippen LogP contribution in [0.2, 0.25) is 0 Å². The number of fused-ring (bicyclic) bond motifs is 1. The number of carbonyl (C=O) groups is 1. The van der Waals surface area contributed by atoms with Gasteiger partial charge < -0.3 is 10.3 Å². The number of nitrogens with zero attached hydrogens (tertiary/aromatic N) is 1. The topological polar surface area (TPSA) is 48.1 Å². The Morgan fingerprint density at radius 3 is 2.73 bits per heavy atom. The largest absolute Gasteiger partial charge is 0.355 e. The summed E-state index contributed by atoms with van der Waals surface area (Å²) >= 11 is 1.74. The van der Waals surface area contributed by atoms with E-state index in [1.54, 1.807) is 11.3 Å². The fourth-order valence-electron chi connectivity index (χ4n) is 4.23. The monoisotopic (exact) mass is 415 g/mol. The van der Waals surface area contributed by atoms with Crippen LogP contribution in [0.5, 0.6) is 0 Å². The number of hydrogen-bond acceptors (Lipinski definition) is 3. The molecule has 0 unspecified atom stereocenters. The van der Waals surface area contributed by atoms with Crippen LogP contribution in [0, 0.1) is 5.92 Å². The van der Waals surface area contributed by atoms with Crippen LogP contribution in [0.4, 0.5) is 5.69 Å². The molecule has 4 nitrogen and oxygen atoms in total. The van der Waals surface area contributed by atoms with Crippen LogP contribution in [-0.2, 0) is 11.3 Å². The summed E-state index contributed by atoms with van der Waals surface area (Å²) in [7, 11) is 0. The van der Waals surface area contributed by atoms with Gasteiger partial charge in [0.2, 0.25) is 5.91 Å². The molecule has 0 atom stereocenters. The Morgan fingerprint density at radius 2 is 1.93 bits per heavy atom. The van der Waals surface area contributed by atoms with Crippen molar-refractivity contribution >= 4 is 33.8 Å². The molecule has 1 saturated heterocycles. The van der Waals surface area contributed by atoms with Crippen molar-refractivity contribution in [3.05, 3.63) is 77.0 Å². The number of aromatic nitrogens is 1. The molecule has 2 aromatic carbocycles. The van der Waals surface area contributed by atoms with Crippen LogP contribution < -0.4 is 5.32 Å². The second-order valence-electron chi connectivity index (χ2n) is 8.02. The van der Waals surface area contributed by atoms with E-state index < -0.39 is 0 Å². The molecule has 3 heterocycles. The molecule has 0 bridgehead atoms. The van der Waals surface area contributed by atoms with Gasteiger partial charge in [0.15, 0.2) is 0 Å². The molecular formula is C25H25N3OS. The number of carbonyl (C=O) groups excluding carboxylic acids is 1. The average molecular weight is 416 g/mol. The molecule has 0 radical (unpaired) electrons. The highest BCUT2D eigenvalue weighted by Gasteiger charge is 2.25. The number of amides is 1. The van der Waals surface area contributed by atoms with Gasteiger partial charge in [-0.25, -0.2) is 0 Å². The van der Waals surface area contributed by atoms with Crippen molar-refractivity contribution in [1.82, 2.24) is 9.88 Å². The summed E-state index contributed by atoms with van der Waals surface area (Å²) in [6.07, 6.45) is 1.83. The van der Waals surface area contributed by atoms with Gasteiger partial charge in [0.05, 0.1) is 0 Å². The first-order valence-corrected chi connectivity index (χ1v) is 11.4. The van der Waals surface area contributed by atoms with Crippen molar-refractivity contribution < 1.29 is 4.79 Å². The van der Waals surface area contributed by atoms with Gasteiger partial charge in [0.25, 0.3) is 0 Å². The Balaban J connectivity index is 1.22. The summed E-state index contributed by atoms with van der Waals surface area (Å²) in [6, 6.07) is 20.7. The second kappa shape index (κ2) is 8.46. The van der Waals surface area contributed by atoms with Gasteiger partial charge in [-0.05, 0) is 72.6 Å². The van der Waals surface area contributed by atoms with Gasteiger partial charge in [0, 0.05) is 40.3 Å². The molecule has 30 heavy (non-hydrogen) atoms. The van der Waals surface area contributed by atoms with Gasteiger partial charge in [-0.2, -0.15) is 11.3 Å². The van der Waals surface area contributed by atoms with Gasteiger partial charge in [-0.1, -0.05) is 30.3 Å². The molecule has 1 fully saturated rings. The molecule has 4 aromatic rings. The fraction of sp³-hybridized carbons (Fsp3) is 0.240. The minimum absolute atomic E-state index is 0.0838. The Morgan fingerprint density at radius 1 is 1.07 bits per heavy atom. The summed E-state index contributed by atoms with van der Waals surface area (Å²) in [6.45, 7) is 2.94. The van der Waals surface area contributed by atoms with Gasteiger partial charge >= 0.3 is 0 Å². The van der Waals surface area contributed by atoms with Crippen LogP contribution >= 0.6 is 11.3 Å². The SMILES string of the molecule is O=C(Nc1cccc(-c2cc3ccccc3[nH]2)c1)C1CCN(Cc2ccsc2)CC1. The molecule has 1 amide bonds. The van der Waals surface area contributed by atoms with Gasteiger partial charge in [-0.15, -0.1) is 0 Å². The third-order valence-electron chi connectivity index (χ3n) is 5.92. The minimum atomic E-state index is 0.0838. The number of para-hydroxylation sites is 1. The highest BCUT2D eigenvalue weighted by molar-refractivity contribution is 7.07. The Bertz CT molecular complexity index is 1110. The Hall–Kier alpha value is -2.89. The molecule has 2 aromatic heterocycles. The fourth-order valence-corrected chi connectivity index (χ4v) is 4.89. The van der Waals surface area contributed by atoms with E-state index in [4.69, 9.17) is 0 Å². The average Bonchev–Trinajstić information content (AvgIpc) is 3.44. The zero-order valence-electron chi connectivity index (χ0n) is 16.8. The van der Waals surface area contributed by atoms with Crippen molar-refractivity contribution in [2.75, 3.05) is 18.4 Å². The molecule has 1 aliphatic heterocycles. The van der Waals surface area contributed by atoms with Crippen LogP contribution in [-0.4, -0.2) is 28.9 Å². The maximum absolute atomic E-state index is 12.8. The highest BCUT2D eigenvalue weighted by atomic mass is 32.1. The van der Waals surface area contributed by atoms with Crippen molar-refractivity contribution in [2.24, 2.45) is 5.92 Å². The molecule has 0 aliphatic carbocycles. The number of benzene rings is 2. The first-order valence-electron chi connectivity index (χ1n) is 10.5. The molecule has 0 saturated carbocycles. The number of nitrogens with one attached hydrogen (secondary N) is 2. The number of rotatable bonds is 5. The number of piperidine rings is 1. The zero-order chi connectivity index (χ0) is 20.3. The summed E-state index contributed by atoms with van der Waals surface area (Å²) in [4.78, 5) is 18.8. The normalized spacial score (nSPS) is 15.5. The Labute approximate surface area is 180 Å². The van der Waals surface area contributed by atoms with E-state index >= 15 is 0 Å². The van der Waals surface area contributed by atoms with E-state index in [1.807, 2.05) is 30.3 Å². The summed E-state index contributed by atoms with van der Waals surface area (Å²) in [5, 5.41) is 8.67. The third kappa shape index (κ3) is 4.18. The molecule has 0 spiro atoms. The lowest BCUT2D eigenvalue weighted by molar-refractivity contribution is -0.121. The van der Waals surface area contributed by atoms with Crippen molar-refractivity contribution in [3.8, 4) is 11.3 Å². The zero-order valence-corrected chi connectivity index (χ0v) is 17.6. The van der Waals surface area contributed by atoms with Crippen molar-refractivity contribution in [1.29, 1.82) is 0 Å². The lowest BCUT2D eigenvalue weighted by atomic mass is 9.95. The van der Waals surface area contributed by atoms with E-state index in [-0.39, 0.29) is 11.8 Å². The molecular weight excluding hydrogens is 390 g/mol. The standard InChI is InChI=1S/C25H25N3OS/c29-25(19-8-11-28(12-9-19)16-18-10-13-30-17-18)26-22-6-3-5-20(14-22)24-15-21-4-1-2-7-23(21)27-24/h1-7,10,13-15,17,19,27H,8-9,11-12,16H2,(H,26,29). The molecule has 2 N–H and O–H groups in total. The first kappa shape index (κ1) is 19.1. The van der Waals surface area contributed by atoms with E-state index in [0.717, 1.165) is 54.9 Å². The van der Waals surface area contributed by atoms with Crippen LogP contribution in [0.15, 0.2) is 71.4 Å². The quantitative estimate of drug-likeness (QED) is 0.436. The van der Waals surface area contributed by atoms with Gasteiger partial charge in [0.1, 0.15) is 0 Å². The van der Waals surface area contributed by atoms with Crippen LogP contribution in [0.25, 0.3) is 22.2 Å². The van der Waals surface area contributed by atoms with Crippen LogP contribution in [0.3, 0.4) is 0 Å². The minimum Gasteiger partial charge on any atom is -0.355 e. The number of H-pyrrole nitrogens is 1. The number of likely N-dealkylation sites (tertiary alicyclic amines) is 1. The molecule has 152 valence electrons. The summed E-state index contributed by atoms with van der Waals surface area (Å²) < 4.78 is 0. The van der Waals surface area contributed by atoms with E-state index in [2.05, 4.69) is 56.3 Å². The molecule has 5 heteroatoms. The Kier molecular flexibility index (Phi) is 5.39. The second-order valence-corrected chi connectivity index (χ2v) is 8.80. The van der Waals surface area contributed by atoms with Crippen molar-refractivity contribution in [3.63, 3.8) is 0 Å². The maximum Gasteiger partial charge on any atom is 0.227 e. The lowest BCUT2D eigenvalue weighted by Crippen LogP contribution is -2.37. The smallest absolute Gasteiger partial charge is 0.227 e. The van der Waals surface area contributed by atoms with E-state index in [0.29, 0.717) is 0 Å². The predicted molar refractivity (Wildman–Crippen MR) is 125 cm³/mol.